The summed E-state index contributed by atoms with van der Waals surface area (Å²) in [4.78, 5) is 39.5. The Morgan fingerprint density at radius 1 is 1.30 bits per heavy atom. The maximum Gasteiger partial charge on any atom is 0.413 e. The van der Waals surface area contributed by atoms with E-state index in [2.05, 4.69) is 25.3 Å². The molecule has 9 nitrogen and oxygen atoms in total. The summed E-state index contributed by atoms with van der Waals surface area (Å²) in [7, 11) is 0. The summed E-state index contributed by atoms with van der Waals surface area (Å²) in [6.45, 7) is 5.65. The van der Waals surface area contributed by atoms with Crippen molar-refractivity contribution in [3.05, 3.63) is 64.6 Å². The first-order valence-corrected chi connectivity index (χ1v) is 9.48. The molecule has 0 spiro atoms. The van der Waals surface area contributed by atoms with Crippen molar-refractivity contribution in [1.29, 1.82) is 0 Å². The first-order valence-electron chi connectivity index (χ1n) is 9.48. The van der Waals surface area contributed by atoms with Gasteiger partial charge in [-0.2, -0.15) is 0 Å². The molecule has 1 aliphatic heterocycles. The molecule has 3 aromatic rings. The number of nitrogens with one attached hydrogen (secondary N) is 2. The zero-order valence-corrected chi connectivity index (χ0v) is 16.8. The van der Waals surface area contributed by atoms with Crippen molar-refractivity contribution >= 4 is 6.09 Å². The molecule has 4 rings (SSSR count). The number of carbonyl (C=O) groups is 1. The van der Waals surface area contributed by atoms with Crippen LogP contribution in [0.4, 0.5) is 4.79 Å². The number of hydrogen-bond donors (Lipinski definition) is 2. The topological polar surface area (TPSA) is 119 Å². The molecule has 0 aliphatic carbocycles. The number of carbonyl (C=O) groups excluding carboxylic acids is 1. The van der Waals surface area contributed by atoms with Crippen molar-refractivity contribution < 1.29 is 14.3 Å². The average Bonchev–Trinajstić information content (AvgIpc) is 3.03. The third kappa shape index (κ3) is 4.14. The van der Waals surface area contributed by atoms with Crippen LogP contribution >= 0.6 is 0 Å². The van der Waals surface area contributed by atoms with Gasteiger partial charge >= 0.3 is 6.09 Å². The Kier molecular flexibility index (Phi) is 4.94. The van der Waals surface area contributed by atoms with E-state index in [-0.39, 0.29) is 17.0 Å². The van der Waals surface area contributed by atoms with Crippen LogP contribution in [0.2, 0.25) is 0 Å². The summed E-state index contributed by atoms with van der Waals surface area (Å²) in [6, 6.07) is 7.82. The number of para-hydroxylation sites is 1. The van der Waals surface area contributed by atoms with Gasteiger partial charge in [0.25, 0.3) is 5.56 Å². The Bertz CT molecular complexity index is 1140. The summed E-state index contributed by atoms with van der Waals surface area (Å²) in [5.74, 6) is 1.20. The molecule has 154 valence electrons. The van der Waals surface area contributed by atoms with Crippen molar-refractivity contribution in [2.75, 3.05) is 0 Å². The summed E-state index contributed by atoms with van der Waals surface area (Å²) in [6.07, 6.45) is 2.99. The van der Waals surface area contributed by atoms with Crippen LogP contribution in [0.25, 0.3) is 11.4 Å². The lowest BCUT2D eigenvalue weighted by Crippen LogP contribution is -2.32. The zero-order chi connectivity index (χ0) is 21.3. The lowest BCUT2D eigenvalue weighted by Gasteiger charge is -2.18. The molecule has 0 bridgehead atoms. The van der Waals surface area contributed by atoms with Crippen LogP contribution in [-0.4, -0.2) is 31.6 Å². The van der Waals surface area contributed by atoms with Crippen LogP contribution in [0, 0.1) is 0 Å². The van der Waals surface area contributed by atoms with Gasteiger partial charge < -0.3 is 19.8 Å². The van der Waals surface area contributed by atoms with Crippen LogP contribution in [0.15, 0.2) is 47.7 Å². The van der Waals surface area contributed by atoms with Crippen LogP contribution in [0.5, 0.6) is 11.5 Å². The zero-order valence-electron chi connectivity index (χ0n) is 16.8. The minimum atomic E-state index is -0.681. The van der Waals surface area contributed by atoms with Crippen LogP contribution < -0.4 is 20.3 Å². The van der Waals surface area contributed by atoms with E-state index >= 15 is 0 Å². The summed E-state index contributed by atoms with van der Waals surface area (Å²) in [5, 5.41) is 2.68. The first kappa shape index (κ1) is 19.6. The fourth-order valence-corrected chi connectivity index (χ4v) is 3.30. The number of fused-ring (bicyclic) bond motifs is 1. The molecule has 0 saturated heterocycles. The number of rotatable bonds is 4. The second kappa shape index (κ2) is 7.58. The van der Waals surface area contributed by atoms with Gasteiger partial charge in [-0.25, -0.2) is 19.7 Å². The van der Waals surface area contributed by atoms with E-state index in [1.807, 2.05) is 26.0 Å². The third-order valence-corrected chi connectivity index (χ3v) is 4.61. The van der Waals surface area contributed by atoms with E-state index in [0.717, 1.165) is 12.0 Å². The van der Waals surface area contributed by atoms with E-state index in [0.29, 0.717) is 22.9 Å². The van der Waals surface area contributed by atoms with Gasteiger partial charge in [-0.05, 0) is 32.9 Å². The molecular weight excluding hydrogens is 386 g/mol. The lowest BCUT2D eigenvalue weighted by molar-refractivity contribution is 0.132. The van der Waals surface area contributed by atoms with Gasteiger partial charge in [-0.3, -0.25) is 4.79 Å². The Labute approximate surface area is 172 Å². The van der Waals surface area contributed by atoms with Gasteiger partial charge in [0.2, 0.25) is 0 Å². The molecule has 1 amide bonds. The van der Waals surface area contributed by atoms with Crippen molar-refractivity contribution in [3.8, 4) is 22.9 Å². The quantitative estimate of drug-likeness (QED) is 0.682. The molecular formula is C21H21N5O4. The van der Waals surface area contributed by atoms with Gasteiger partial charge in [0.15, 0.2) is 11.5 Å². The molecule has 30 heavy (non-hydrogen) atoms. The van der Waals surface area contributed by atoms with Crippen LogP contribution in [0.3, 0.4) is 0 Å². The summed E-state index contributed by atoms with van der Waals surface area (Å²) < 4.78 is 11.4. The number of aromatic amines is 1. The Morgan fingerprint density at radius 2 is 2.13 bits per heavy atom. The number of benzene rings is 1. The second-order valence-corrected chi connectivity index (χ2v) is 7.65. The SMILES string of the molecule is CC(NC(=O)Oc1cccc2c1OC(C)(C)C2)c1nc(-c2ccncn2)cc(=O)[nH]1. The van der Waals surface area contributed by atoms with Gasteiger partial charge in [-0.1, -0.05) is 12.1 Å². The standard InChI is InChI=1S/C21H21N5O4/c1-12(19-25-15(9-17(27)26-19)14-7-8-22-11-23-14)24-20(28)29-16-6-4-5-13-10-21(2,3)30-18(13)16/h4-9,11-12H,10H2,1-3H3,(H,24,28)(H,25,26,27). The smallest absolute Gasteiger partial charge is 0.413 e. The van der Waals surface area contributed by atoms with Crippen LogP contribution in [-0.2, 0) is 6.42 Å². The van der Waals surface area contributed by atoms with E-state index < -0.39 is 12.1 Å². The van der Waals surface area contributed by atoms with E-state index in [1.54, 1.807) is 25.3 Å². The lowest BCUT2D eigenvalue weighted by atomic mass is 10.0. The normalized spacial score (nSPS) is 15.0. The molecule has 1 atom stereocenters. The Balaban J connectivity index is 1.50. The molecule has 9 heteroatoms. The van der Waals surface area contributed by atoms with Crippen molar-refractivity contribution in [1.82, 2.24) is 25.3 Å². The fourth-order valence-electron chi connectivity index (χ4n) is 3.30. The fraction of sp³-hybridized carbons (Fsp3) is 0.286. The highest BCUT2D eigenvalue weighted by atomic mass is 16.6. The molecule has 2 N–H and O–H groups in total. The van der Waals surface area contributed by atoms with Gasteiger partial charge in [0.05, 0.1) is 17.4 Å². The highest BCUT2D eigenvalue weighted by Gasteiger charge is 2.33. The number of nitrogens with zero attached hydrogens (tertiary/aromatic N) is 3. The van der Waals surface area contributed by atoms with Crippen molar-refractivity contribution in [3.63, 3.8) is 0 Å². The third-order valence-electron chi connectivity index (χ3n) is 4.61. The number of ether oxygens (including phenoxy) is 2. The second-order valence-electron chi connectivity index (χ2n) is 7.65. The van der Waals surface area contributed by atoms with Gasteiger partial charge in [-0.15, -0.1) is 0 Å². The molecule has 1 aliphatic rings. The van der Waals surface area contributed by atoms with Crippen LogP contribution in [0.1, 0.15) is 38.2 Å². The van der Waals surface area contributed by atoms with E-state index in [4.69, 9.17) is 9.47 Å². The molecule has 1 aromatic carbocycles. The van der Waals surface area contributed by atoms with E-state index in [1.165, 1.54) is 12.4 Å². The van der Waals surface area contributed by atoms with Crippen molar-refractivity contribution in [2.45, 2.75) is 38.8 Å². The van der Waals surface area contributed by atoms with Crippen molar-refractivity contribution in [2.24, 2.45) is 0 Å². The highest BCUT2D eigenvalue weighted by Crippen LogP contribution is 2.41. The Morgan fingerprint density at radius 3 is 2.90 bits per heavy atom. The summed E-state index contributed by atoms with van der Waals surface area (Å²) in [5.41, 5.74) is 1.17. The molecule has 3 heterocycles. The molecule has 0 saturated carbocycles. The average molecular weight is 407 g/mol. The number of H-pyrrole nitrogens is 1. The number of hydrogen-bond acceptors (Lipinski definition) is 7. The predicted molar refractivity (Wildman–Crippen MR) is 108 cm³/mol. The first-order chi connectivity index (χ1) is 14.3. The van der Waals surface area contributed by atoms with Gasteiger partial charge in [0.1, 0.15) is 17.8 Å². The maximum atomic E-state index is 12.5. The molecule has 0 fully saturated rings. The minimum absolute atomic E-state index is 0.281. The minimum Gasteiger partial charge on any atom is -0.483 e. The summed E-state index contributed by atoms with van der Waals surface area (Å²) >= 11 is 0. The van der Waals surface area contributed by atoms with E-state index in [9.17, 15) is 9.59 Å². The Hall–Kier alpha value is -3.75. The number of amides is 1. The molecule has 0 radical (unpaired) electrons. The maximum absolute atomic E-state index is 12.5. The molecule has 1 unspecified atom stereocenters. The monoisotopic (exact) mass is 407 g/mol. The highest BCUT2D eigenvalue weighted by molar-refractivity contribution is 5.72. The molecule has 2 aromatic heterocycles. The predicted octanol–water partition coefficient (Wildman–Crippen LogP) is 2.79. The van der Waals surface area contributed by atoms with Gasteiger partial charge in [0, 0.05) is 24.2 Å². The largest absolute Gasteiger partial charge is 0.483 e. The number of aromatic nitrogens is 4.